The number of fused-ring (bicyclic) bond motifs is 3. The van der Waals surface area contributed by atoms with Gasteiger partial charge in [0.15, 0.2) is 17.1 Å². The molecule has 3 aliphatic heterocycles. The third-order valence-electron chi connectivity index (χ3n) is 8.40. The summed E-state index contributed by atoms with van der Waals surface area (Å²) in [4.78, 5) is 28.8. The van der Waals surface area contributed by atoms with Crippen molar-refractivity contribution in [1.29, 1.82) is 0 Å². The van der Waals surface area contributed by atoms with Crippen LogP contribution >= 0.6 is 0 Å². The number of ether oxygens (including phenoxy) is 1. The maximum absolute atomic E-state index is 12.8. The number of hydrogen-bond donors (Lipinski definition) is 7. The summed E-state index contributed by atoms with van der Waals surface area (Å²) in [5.74, 6) is 0.924. The Kier molecular flexibility index (Phi) is 8.91. The van der Waals surface area contributed by atoms with E-state index in [1.165, 1.54) is 6.07 Å². The smallest absolute Gasteiger partial charge is 0.192 e. The Hall–Kier alpha value is -2.98. The Bertz CT molecular complexity index is 1500. The first-order valence-electron chi connectivity index (χ1n) is 14.2. The summed E-state index contributed by atoms with van der Waals surface area (Å²) >= 11 is 0. The molecule has 4 heterocycles. The zero-order valence-corrected chi connectivity index (χ0v) is 24.3. The van der Waals surface area contributed by atoms with Gasteiger partial charge in [-0.05, 0) is 38.5 Å². The summed E-state index contributed by atoms with van der Waals surface area (Å²) in [5.41, 5.74) is -1.19. The van der Waals surface area contributed by atoms with Gasteiger partial charge in [-0.15, -0.1) is 0 Å². The van der Waals surface area contributed by atoms with Gasteiger partial charge in [-0.25, -0.2) is 9.78 Å². The molecule has 1 aromatic heterocycles. The van der Waals surface area contributed by atoms with E-state index in [4.69, 9.17) is 18.9 Å². The zero-order valence-electron chi connectivity index (χ0n) is 24.3. The molecule has 13 heteroatoms. The van der Waals surface area contributed by atoms with Gasteiger partial charge in [-0.3, -0.25) is 14.7 Å². The lowest BCUT2D eigenvalue weighted by molar-refractivity contribution is -0.861. The summed E-state index contributed by atoms with van der Waals surface area (Å²) in [5, 5.41) is 63.0. The van der Waals surface area contributed by atoms with Crippen molar-refractivity contribution in [3.63, 3.8) is 0 Å². The van der Waals surface area contributed by atoms with Gasteiger partial charge in [-0.1, -0.05) is 0 Å². The molecule has 7 N–H and O–H groups in total. The number of aliphatic hydroxyl groups is 6. The van der Waals surface area contributed by atoms with Crippen molar-refractivity contribution in [1.82, 2.24) is 0 Å². The molecule has 2 unspecified atom stereocenters. The standard InChI is InChI=1S/C30H38N2O11/c1-16-10-22(35)19-11-17-12-25(29(2,3)42-26(17)18(6-9-33)27(19)41-16)43-40-14-24(37)30(39,28(38)23(36)13-34)15-32-8-5-20-21(32)4-7-31-20/h4-5,7-8,10-11,21,23-25,28,33-34,36-39H,6,9,12-15H2,1-3H3/p+1/t21?,23-,24+,25-,28-,30-/m1/s1. The van der Waals surface area contributed by atoms with Crippen molar-refractivity contribution in [2.75, 3.05) is 26.4 Å². The van der Waals surface area contributed by atoms with Crippen molar-refractivity contribution in [2.45, 2.75) is 75.3 Å². The molecule has 0 saturated heterocycles. The first-order valence-corrected chi connectivity index (χ1v) is 14.2. The van der Waals surface area contributed by atoms with Crippen LogP contribution in [-0.2, 0) is 22.6 Å². The maximum Gasteiger partial charge on any atom is 0.192 e. The van der Waals surface area contributed by atoms with Gasteiger partial charge >= 0.3 is 0 Å². The number of nitrogens with one attached hydrogen (secondary N) is 1. The van der Waals surface area contributed by atoms with E-state index in [9.17, 15) is 35.4 Å². The first kappa shape index (κ1) is 31.4. The van der Waals surface area contributed by atoms with Crippen molar-refractivity contribution in [3.05, 3.63) is 63.8 Å². The number of benzene rings is 1. The Morgan fingerprint density at radius 3 is 2.72 bits per heavy atom. The van der Waals surface area contributed by atoms with E-state index in [1.54, 1.807) is 45.3 Å². The van der Waals surface area contributed by atoms with E-state index >= 15 is 0 Å². The average Bonchev–Trinajstić information content (AvgIpc) is 3.58. The number of aliphatic hydroxyl groups excluding tert-OH is 5. The fourth-order valence-corrected chi connectivity index (χ4v) is 5.89. The Morgan fingerprint density at radius 2 is 2.00 bits per heavy atom. The van der Waals surface area contributed by atoms with E-state index < -0.39 is 48.8 Å². The minimum atomic E-state index is -2.31. The molecule has 0 bridgehead atoms. The summed E-state index contributed by atoms with van der Waals surface area (Å²) in [6.45, 7) is 3.35. The molecule has 5 rings (SSSR count). The van der Waals surface area contributed by atoms with Crippen molar-refractivity contribution < 1.29 is 54.5 Å². The Labute approximate surface area is 247 Å². The summed E-state index contributed by atoms with van der Waals surface area (Å²) < 4.78 is 12.2. The first-order chi connectivity index (χ1) is 20.4. The molecule has 234 valence electrons. The van der Waals surface area contributed by atoms with Crippen LogP contribution in [0.4, 0.5) is 0 Å². The van der Waals surface area contributed by atoms with E-state index in [0.717, 1.165) is 5.71 Å². The minimum Gasteiger partial charge on any atom is -0.484 e. The predicted molar refractivity (Wildman–Crippen MR) is 153 cm³/mol. The fraction of sp³-hybridized carbons (Fsp3) is 0.533. The lowest BCUT2D eigenvalue weighted by atomic mass is 9.86. The van der Waals surface area contributed by atoms with Crippen LogP contribution in [0.25, 0.3) is 11.0 Å². The lowest BCUT2D eigenvalue weighted by Crippen LogP contribution is -3.13. The molecule has 0 aliphatic carbocycles. The normalized spacial score (nSPS) is 25.5. The molecule has 2 aromatic rings. The molecule has 7 atom stereocenters. The monoisotopic (exact) mass is 603 g/mol. The molecule has 43 heavy (non-hydrogen) atoms. The molecule has 0 saturated carbocycles. The van der Waals surface area contributed by atoms with Crippen LogP contribution < -0.4 is 15.1 Å². The van der Waals surface area contributed by atoms with Gasteiger partial charge in [0.2, 0.25) is 0 Å². The van der Waals surface area contributed by atoms with Gasteiger partial charge in [-0.2, -0.15) is 0 Å². The number of rotatable bonds is 12. The number of nitrogens with zero attached hydrogens (tertiary/aromatic N) is 1. The highest BCUT2D eigenvalue weighted by atomic mass is 17.2. The second kappa shape index (κ2) is 12.2. The third kappa shape index (κ3) is 5.92. The van der Waals surface area contributed by atoms with Crippen molar-refractivity contribution in [2.24, 2.45) is 4.99 Å². The minimum absolute atomic E-state index is 0.187. The molecule has 0 amide bonds. The quantitative estimate of drug-likeness (QED) is 0.107. The Balaban J connectivity index is 1.33. The van der Waals surface area contributed by atoms with Crippen molar-refractivity contribution in [3.8, 4) is 5.75 Å². The highest BCUT2D eigenvalue weighted by Gasteiger charge is 2.51. The number of quaternary nitrogens is 1. The molecule has 0 spiro atoms. The van der Waals surface area contributed by atoms with Crippen molar-refractivity contribution >= 4 is 16.7 Å². The molecule has 1 aromatic carbocycles. The Morgan fingerprint density at radius 1 is 1.23 bits per heavy atom. The van der Waals surface area contributed by atoms with Gasteiger partial charge in [0.25, 0.3) is 0 Å². The number of hydrogen-bond acceptors (Lipinski definition) is 12. The molecule has 3 aliphatic rings. The van der Waals surface area contributed by atoms with E-state index in [1.807, 2.05) is 6.08 Å². The molecular formula is C30H39N2O11+. The van der Waals surface area contributed by atoms with E-state index in [-0.39, 0.29) is 37.5 Å². The summed E-state index contributed by atoms with van der Waals surface area (Å²) in [6, 6.07) is 2.83. The SMILES string of the molecule is Cc1cc(=O)c2cc3c(c(CCO)c2o1)OC(C)(C)[C@H](OOC[C@H](O)[C@](O)(C[NH+]1C=CC2=NC=CC21)[C@H](O)[C@H](O)CO)C3. The molecule has 13 nitrogen and oxygen atoms in total. The van der Waals surface area contributed by atoms with Crippen LogP contribution in [0.1, 0.15) is 30.7 Å². The van der Waals surface area contributed by atoms with Crippen LogP contribution in [-0.4, -0.2) is 104 Å². The summed E-state index contributed by atoms with van der Waals surface area (Å²) in [7, 11) is 0. The average molecular weight is 604 g/mol. The highest BCUT2D eigenvalue weighted by molar-refractivity contribution is 6.02. The molecular weight excluding hydrogens is 564 g/mol. The van der Waals surface area contributed by atoms with Gasteiger partial charge < -0.3 is 39.8 Å². The number of aryl methyl sites for hydroxylation is 1. The number of aliphatic imine (C=N–C) groups is 1. The predicted octanol–water partition coefficient (Wildman–Crippen LogP) is -1.78. The van der Waals surface area contributed by atoms with Crippen LogP contribution in [0.3, 0.4) is 0 Å². The van der Waals surface area contributed by atoms with Crippen LogP contribution in [0, 0.1) is 6.92 Å². The van der Waals surface area contributed by atoms with Crippen LogP contribution in [0.2, 0.25) is 0 Å². The maximum atomic E-state index is 12.8. The second-order valence-corrected chi connectivity index (χ2v) is 11.9. The molecule has 0 radical (unpaired) electrons. The third-order valence-corrected chi connectivity index (χ3v) is 8.40. The van der Waals surface area contributed by atoms with Crippen LogP contribution in [0.15, 0.2) is 50.9 Å². The zero-order chi connectivity index (χ0) is 31.1. The largest absolute Gasteiger partial charge is 0.484 e. The lowest BCUT2D eigenvalue weighted by Gasteiger charge is -2.41. The van der Waals surface area contributed by atoms with Crippen LogP contribution in [0.5, 0.6) is 5.75 Å². The van der Waals surface area contributed by atoms with Gasteiger partial charge in [0.1, 0.15) is 66.0 Å². The topological polar surface area (TPSA) is 196 Å². The second-order valence-electron chi connectivity index (χ2n) is 11.9. The highest BCUT2D eigenvalue weighted by Crippen LogP contribution is 2.41. The fourth-order valence-electron chi connectivity index (χ4n) is 5.89. The van der Waals surface area contributed by atoms with E-state index in [2.05, 4.69) is 4.99 Å². The van der Waals surface area contributed by atoms with Gasteiger partial charge in [0.05, 0.1) is 18.2 Å². The molecule has 0 fully saturated rings. The van der Waals surface area contributed by atoms with Gasteiger partial charge in [0, 0.05) is 43.4 Å². The van der Waals surface area contributed by atoms with E-state index in [0.29, 0.717) is 38.5 Å². The summed E-state index contributed by atoms with van der Waals surface area (Å²) in [6.07, 6.45) is 1.26.